The van der Waals surface area contributed by atoms with Gasteiger partial charge in [0.15, 0.2) is 0 Å². The summed E-state index contributed by atoms with van der Waals surface area (Å²) in [4.78, 5) is 27.4. The summed E-state index contributed by atoms with van der Waals surface area (Å²) in [5.74, 6) is 0. The van der Waals surface area contributed by atoms with Crippen LogP contribution in [0.25, 0.3) is 31.5 Å². The van der Waals surface area contributed by atoms with Crippen molar-refractivity contribution in [3.8, 4) is 0 Å². The van der Waals surface area contributed by atoms with Crippen molar-refractivity contribution in [2.24, 2.45) is 7.05 Å². The zero-order valence-electron chi connectivity index (χ0n) is 13.4. The van der Waals surface area contributed by atoms with Gasteiger partial charge in [-0.2, -0.15) is 0 Å². The predicted octanol–water partition coefficient (Wildman–Crippen LogP) is 3.40. The molecule has 1 fully saturated rings. The molecule has 4 heterocycles. The molecule has 0 aliphatic heterocycles. The van der Waals surface area contributed by atoms with Crippen LogP contribution in [0.5, 0.6) is 0 Å². The molecule has 5 rings (SSSR count). The molecule has 0 bridgehead atoms. The van der Waals surface area contributed by atoms with Crippen LogP contribution in [0.2, 0.25) is 0 Å². The first-order valence-electron chi connectivity index (χ1n) is 8.33. The Balaban J connectivity index is 1.83. The van der Waals surface area contributed by atoms with Crippen LogP contribution in [-0.2, 0) is 7.05 Å². The van der Waals surface area contributed by atoms with Crippen LogP contribution in [0.15, 0.2) is 23.6 Å². The van der Waals surface area contributed by atoms with Gasteiger partial charge in [0, 0.05) is 13.1 Å². The van der Waals surface area contributed by atoms with Gasteiger partial charge in [-0.15, -0.1) is 11.3 Å². The molecule has 7 heteroatoms. The first-order valence-corrected chi connectivity index (χ1v) is 9.15. The topological polar surface area (TPSA) is 65.6 Å². The molecule has 1 aliphatic carbocycles. The lowest BCUT2D eigenvalue weighted by atomic mass is 9.95. The Bertz CT molecular complexity index is 1130. The summed E-state index contributed by atoms with van der Waals surface area (Å²) in [6.07, 6.45) is 11.1. The van der Waals surface area contributed by atoms with Gasteiger partial charge in [0.2, 0.25) is 0 Å². The van der Waals surface area contributed by atoms with E-state index in [0.717, 1.165) is 39.6 Å². The van der Waals surface area contributed by atoms with Crippen molar-refractivity contribution in [1.29, 1.82) is 0 Å². The lowest BCUT2D eigenvalue weighted by Crippen LogP contribution is -2.26. The van der Waals surface area contributed by atoms with Gasteiger partial charge < -0.3 is 4.57 Å². The number of aryl methyl sites for hydroxylation is 1. The maximum Gasteiger partial charge on any atom is 0.271 e. The molecule has 0 unspecified atom stereocenters. The van der Waals surface area contributed by atoms with E-state index in [9.17, 15) is 4.79 Å². The number of hydrogen-bond donors (Lipinski definition) is 0. The molecule has 24 heavy (non-hydrogen) atoms. The normalized spacial score (nSPS) is 16.5. The van der Waals surface area contributed by atoms with Crippen molar-refractivity contribution >= 4 is 42.8 Å². The monoisotopic (exact) mass is 339 g/mol. The summed E-state index contributed by atoms with van der Waals surface area (Å²) in [7, 11) is 1.96. The zero-order chi connectivity index (χ0) is 16.3. The quantitative estimate of drug-likeness (QED) is 0.533. The van der Waals surface area contributed by atoms with Gasteiger partial charge in [-0.05, 0) is 12.8 Å². The van der Waals surface area contributed by atoms with Crippen molar-refractivity contribution in [2.45, 2.75) is 38.1 Å². The molecule has 122 valence electrons. The molecule has 0 N–H and O–H groups in total. The predicted molar refractivity (Wildman–Crippen MR) is 95.6 cm³/mol. The van der Waals surface area contributed by atoms with Crippen molar-refractivity contribution in [3.63, 3.8) is 0 Å². The zero-order valence-corrected chi connectivity index (χ0v) is 14.2. The fraction of sp³-hybridized carbons (Fsp3) is 0.412. The van der Waals surface area contributed by atoms with E-state index in [1.54, 1.807) is 18.9 Å². The summed E-state index contributed by atoms with van der Waals surface area (Å²) in [6.45, 7) is 0. The first-order chi connectivity index (χ1) is 11.7. The van der Waals surface area contributed by atoms with Crippen molar-refractivity contribution in [3.05, 3.63) is 29.2 Å². The van der Waals surface area contributed by atoms with Gasteiger partial charge in [0.05, 0.1) is 29.8 Å². The fourth-order valence-electron chi connectivity index (χ4n) is 3.86. The second-order valence-corrected chi connectivity index (χ2v) is 7.56. The third-order valence-corrected chi connectivity index (χ3v) is 6.15. The second-order valence-electron chi connectivity index (χ2n) is 6.56. The lowest BCUT2D eigenvalue weighted by Gasteiger charge is -2.23. The number of thiophene rings is 1. The van der Waals surface area contributed by atoms with Gasteiger partial charge in [-0.1, -0.05) is 19.3 Å². The minimum Gasteiger partial charge on any atom is -0.333 e. The first kappa shape index (κ1) is 14.1. The summed E-state index contributed by atoms with van der Waals surface area (Å²) in [5.41, 5.74) is 2.66. The molecule has 0 aromatic carbocycles. The van der Waals surface area contributed by atoms with Crippen molar-refractivity contribution in [2.75, 3.05) is 0 Å². The molecule has 1 saturated carbocycles. The number of imidazole rings is 1. The molecule has 0 amide bonds. The number of rotatable bonds is 1. The number of fused-ring (bicyclic) bond motifs is 5. The Morgan fingerprint density at radius 2 is 1.96 bits per heavy atom. The van der Waals surface area contributed by atoms with Crippen molar-refractivity contribution in [1.82, 2.24) is 24.1 Å². The molecule has 4 aromatic heterocycles. The van der Waals surface area contributed by atoms with Gasteiger partial charge in [-0.3, -0.25) is 9.36 Å². The smallest absolute Gasteiger partial charge is 0.271 e. The van der Waals surface area contributed by atoms with E-state index in [-0.39, 0.29) is 11.6 Å². The van der Waals surface area contributed by atoms with Gasteiger partial charge in [0.25, 0.3) is 5.56 Å². The molecule has 1 aliphatic rings. The van der Waals surface area contributed by atoms with E-state index in [2.05, 4.69) is 15.0 Å². The number of aromatic nitrogens is 5. The third-order valence-electron chi connectivity index (χ3n) is 5.08. The van der Waals surface area contributed by atoms with Crippen LogP contribution in [0.1, 0.15) is 38.1 Å². The minimum absolute atomic E-state index is 0.0743. The molecule has 0 spiro atoms. The highest BCUT2D eigenvalue weighted by Crippen LogP contribution is 2.34. The third kappa shape index (κ3) is 1.87. The number of pyridine rings is 1. The highest BCUT2D eigenvalue weighted by molar-refractivity contribution is 7.25. The van der Waals surface area contributed by atoms with Gasteiger partial charge in [0.1, 0.15) is 20.6 Å². The molecule has 0 atom stereocenters. The largest absolute Gasteiger partial charge is 0.333 e. The Morgan fingerprint density at radius 1 is 1.12 bits per heavy atom. The SMILES string of the molecule is Cn1cnc2cnc3sc4c(=O)n(C5CCCCC5)cnc4c3c21. The van der Waals surface area contributed by atoms with E-state index >= 15 is 0 Å². The molecule has 6 nitrogen and oxygen atoms in total. The molecule has 0 radical (unpaired) electrons. The Labute approximate surface area is 141 Å². The van der Waals surface area contributed by atoms with E-state index < -0.39 is 0 Å². The fourth-order valence-corrected chi connectivity index (χ4v) is 4.90. The standard InChI is InChI=1S/C17H17N5OS/c1-21-8-19-11-7-18-16-12(14(11)21)13-15(24-16)17(23)22(9-20-13)10-5-3-2-4-6-10/h7-10H,2-6H2,1H3. The number of nitrogens with zero attached hydrogens (tertiary/aromatic N) is 5. The summed E-state index contributed by atoms with van der Waals surface area (Å²) < 4.78 is 4.52. The summed E-state index contributed by atoms with van der Waals surface area (Å²) in [5, 5.41) is 0.945. The van der Waals surface area contributed by atoms with Gasteiger partial charge in [-0.25, -0.2) is 15.0 Å². The van der Waals surface area contributed by atoms with Crippen LogP contribution >= 0.6 is 11.3 Å². The molecule has 0 saturated heterocycles. The van der Waals surface area contributed by atoms with E-state index in [1.165, 1.54) is 30.6 Å². The van der Waals surface area contributed by atoms with Crippen molar-refractivity contribution < 1.29 is 0 Å². The summed E-state index contributed by atoms with van der Waals surface area (Å²) >= 11 is 1.45. The van der Waals surface area contributed by atoms with Crippen LogP contribution < -0.4 is 5.56 Å². The summed E-state index contributed by atoms with van der Waals surface area (Å²) in [6, 6.07) is 0.290. The average molecular weight is 339 g/mol. The number of hydrogen-bond acceptors (Lipinski definition) is 5. The maximum absolute atomic E-state index is 13.0. The van der Waals surface area contributed by atoms with E-state index in [1.807, 2.05) is 16.2 Å². The highest BCUT2D eigenvalue weighted by atomic mass is 32.1. The van der Waals surface area contributed by atoms with Crippen LogP contribution in [0.3, 0.4) is 0 Å². The molecular formula is C17H17N5OS. The second kappa shape index (κ2) is 5.11. The minimum atomic E-state index is 0.0743. The Kier molecular flexibility index (Phi) is 3.00. The van der Waals surface area contributed by atoms with Crippen LogP contribution in [0.4, 0.5) is 0 Å². The van der Waals surface area contributed by atoms with E-state index in [0.29, 0.717) is 4.70 Å². The van der Waals surface area contributed by atoms with Gasteiger partial charge >= 0.3 is 0 Å². The highest BCUT2D eigenvalue weighted by Gasteiger charge is 2.21. The molecular weight excluding hydrogens is 322 g/mol. The molecule has 4 aromatic rings. The average Bonchev–Trinajstić information content (AvgIpc) is 3.17. The van der Waals surface area contributed by atoms with E-state index in [4.69, 9.17) is 0 Å². The Hall–Kier alpha value is -2.28. The Morgan fingerprint density at radius 3 is 2.79 bits per heavy atom. The van der Waals surface area contributed by atoms with Crippen LogP contribution in [0, 0.1) is 0 Å². The lowest BCUT2D eigenvalue weighted by molar-refractivity contribution is 0.345. The van der Waals surface area contributed by atoms with Crippen LogP contribution in [-0.4, -0.2) is 24.1 Å². The maximum atomic E-state index is 13.0.